The van der Waals surface area contributed by atoms with Crippen LogP contribution < -0.4 is 14.4 Å². The maximum Gasteiger partial charge on any atom is 0.255 e. The molecule has 0 bridgehead atoms. The van der Waals surface area contributed by atoms with E-state index in [0.717, 1.165) is 6.26 Å². The van der Waals surface area contributed by atoms with Crippen molar-refractivity contribution in [1.82, 2.24) is 0 Å². The van der Waals surface area contributed by atoms with Gasteiger partial charge in [-0.3, -0.25) is 9.10 Å². The zero-order chi connectivity index (χ0) is 22.4. The fraction of sp³-hybridized carbons (Fsp3) is 0.0870. The van der Waals surface area contributed by atoms with Gasteiger partial charge in [0.25, 0.3) is 5.91 Å². The summed E-state index contributed by atoms with van der Waals surface area (Å²) in [4.78, 5) is 12.8. The summed E-state index contributed by atoms with van der Waals surface area (Å²) in [5.74, 6) is 0.670. The SMILES string of the molecule is C=CCN(c1ccc(C(=O)Nc2cc(Cl)ccc2Oc2ccccc2)cc1)S(C)(=O)=O. The fourth-order valence-electron chi connectivity index (χ4n) is 2.83. The second-order valence-electron chi connectivity index (χ2n) is 6.64. The van der Waals surface area contributed by atoms with Gasteiger partial charge in [-0.1, -0.05) is 35.9 Å². The van der Waals surface area contributed by atoms with E-state index in [1.165, 1.54) is 10.4 Å². The van der Waals surface area contributed by atoms with Gasteiger partial charge in [-0.2, -0.15) is 0 Å². The lowest BCUT2D eigenvalue weighted by molar-refractivity contribution is 0.102. The molecule has 0 aliphatic carbocycles. The van der Waals surface area contributed by atoms with Gasteiger partial charge in [-0.15, -0.1) is 6.58 Å². The molecular weight excluding hydrogens is 436 g/mol. The molecule has 0 fully saturated rings. The highest BCUT2D eigenvalue weighted by atomic mass is 35.5. The van der Waals surface area contributed by atoms with Crippen LogP contribution in [0.5, 0.6) is 11.5 Å². The molecular formula is C23H21ClN2O4S. The van der Waals surface area contributed by atoms with E-state index < -0.39 is 10.0 Å². The van der Waals surface area contributed by atoms with Crippen LogP contribution in [0, 0.1) is 0 Å². The van der Waals surface area contributed by atoms with Gasteiger partial charge in [-0.25, -0.2) is 8.42 Å². The van der Waals surface area contributed by atoms with Crippen molar-refractivity contribution in [1.29, 1.82) is 0 Å². The first-order chi connectivity index (χ1) is 14.8. The van der Waals surface area contributed by atoms with Crippen LogP contribution in [-0.2, 0) is 10.0 Å². The van der Waals surface area contributed by atoms with Gasteiger partial charge in [0.15, 0.2) is 5.75 Å². The van der Waals surface area contributed by atoms with E-state index in [0.29, 0.717) is 33.5 Å². The van der Waals surface area contributed by atoms with Crippen LogP contribution in [0.2, 0.25) is 5.02 Å². The third-order valence-electron chi connectivity index (χ3n) is 4.27. The third kappa shape index (κ3) is 5.87. The van der Waals surface area contributed by atoms with Crippen molar-refractivity contribution in [3.8, 4) is 11.5 Å². The monoisotopic (exact) mass is 456 g/mol. The number of benzene rings is 3. The second-order valence-corrected chi connectivity index (χ2v) is 8.98. The van der Waals surface area contributed by atoms with E-state index >= 15 is 0 Å². The minimum absolute atomic E-state index is 0.132. The average molecular weight is 457 g/mol. The van der Waals surface area contributed by atoms with E-state index in [2.05, 4.69) is 11.9 Å². The van der Waals surface area contributed by atoms with Crippen molar-refractivity contribution in [3.05, 3.63) is 96.0 Å². The number of nitrogens with one attached hydrogen (secondary N) is 1. The Morgan fingerprint density at radius 2 is 1.77 bits per heavy atom. The van der Waals surface area contributed by atoms with Crippen molar-refractivity contribution in [2.45, 2.75) is 0 Å². The van der Waals surface area contributed by atoms with Crippen molar-refractivity contribution in [3.63, 3.8) is 0 Å². The minimum Gasteiger partial charge on any atom is -0.455 e. The van der Waals surface area contributed by atoms with E-state index in [9.17, 15) is 13.2 Å². The van der Waals surface area contributed by atoms with E-state index in [4.69, 9.17) is 16.3 Å². The topological polar surface area (TPSA) is 75.7 Å². The number of amides is 1. The Bertz CT molecular complexity index is 1180. The van der Waals surface area contributed by atoms with Gasteiger partial charge in [0.05, 0.1) is 24.2 Å². The predicted octanol–water partition coefficient (Wildman–Crippen LogP) is 5.34. The van der Waals surface area contributed by atoms with Crippen LogP contribution >= 0.6 is 11.6 Å². The van der Waals surface area contributed by atoms with E-state index in [1.54, 1.807) is 54.6 Å². The molecule has 3 aromatic carbocycles. The zero-order valence-corrected chi connectivity index (χ0v) is 18.4. The molecule has 0 aromatic heterocycles. The quantitative estimate of drug-likeness (QED) is 0.464. The molecule has 3 rings (SSSR count). The highest BCUT2D eigenvalue weighted by Crippen LogP contribution is 2.32. The van der Waals surface area contributed by atoms with Gasteiger partial charge in [0.2, 0.25) is 10.0 Å². The van der Waals surface area contributed by atoms with Crippen molar-refractivity contribution in [2.24, 2.45) is 0 Å². The first-order valence-corrected chi connectivity index (χ1v) is 11.5. The number of anilines is 2. The molecule has 0 aliphatic rings. The van der Waals surface area contributed by atoms with Crippen molar-refractivity contribution >= 4 is 38.9 Å². The summed E-state index contributed by atoms with van der Waals surface area (Å²) in [6.45, 7) is 3.72. The highest BCUT2D eigenvalue weighted by Gasteiger charge is 2.17. The lowest BCUT2D eigenvalue weighted by atomic mass is 10.2. The molecule has 0 saturated heterocycles. The smallest absolute Gasteiger partial charge is 0.255 e. The molecule has 31 heavy (non-hydrogen) atoms. The second kappa shape index (κ2) is 9.68. The average Bonchev–Trinajstić information content (AvgIpc) is 2.74. The number of sulfonamides is 1. The Labute approximate surface area is 186 Å². The number of nitrogens with zero attached hydrogens (tertiary/aromatic N) is 1. The standard InChI is InChI=1S/C23H21ClN2O4S/c1-3-15-26(31(2,28)29)19-12-9-17(10-13-19)23(27)25-21-16-18(24)11-14-22(21)30-20-7-5-4-6-8-20/h3-14,16H,1,15H2,2H3,(H,25,27). The number of carbonyl (C=O) groups excluding carboxylic acids is 1. The van der Waals surface area contributed by atoms with Gasteiger partial charge in [0, 0.05) is 10.6 Å². The molecule has 0 aliphatic heterocycles. The molecule has 0 atom stereocenters. The number of halogens is 1. The summed E-state index contributed by atoms with van der Waals surface area (Å²) in [6, 6.07) is 20.3. The third-order valence-corrected chi connectivity index (χ3v) is 5.67. The molecule has 3 aromatic rings. The Balaban J connectivity index is 1.82. The van der Waals surface area contributed by atoms with Gasteiger partial charge < -0.3 is 10.1 Å². The maximum atomic E-state index is 12.8. The van der Waals surface area contributed by atoms with Crippen LogP contribution in [0.15, 0.2) is 85.5 Å². The number of rotatable bonds is 8. The minimum atomic E-state index is -3.47. The van der Waals surface area contributed by atoms with Crippen molar-refractivity contribution < 1.29 is 17.9 Å². The van der Waals surface area contributed by atoms with Crippen LogP contribution in [0.3, 0.4) is 0 Å². The molecule has 0 spiro atoms. The lowest BCUT2D eigenvalue weighted by Crippen LogP contribution is -2.29. The predicted molar refractivity (Wildman–Crippen MR) is 125 cm³/mol. The molecule has 0 saturated carbocycles. The van der Waals surface area contributed by atoms with Crippen molar-refractivity contribution in [2.75, 3.05) is 22.4 Å². The molecule has 8 heteroatoms. The number of carbonyl (C=O) groups is 1. The van der Waals surface area contributed by atoms with E-state index in [-0.39, 0.29) is 12.5 Å². The Morgan fingerprint density at radius 1 is 1.10 bits per heavy atom. The van der Waals surface area contributed by atoms with Crippen LogP contribution in [0.1, 0.15) is 10.4 Å². The van der Waals surface area contributed by atoms with Crippen LogP contribution in [0.25, 0.3) is 0 Å². The zero-order valence-electron chi connectivity index (χ0n) is 16.8. The summed E-state index contributed by atoms with van der Waals surface area (Å²) >= 11 is 6.10. The normalized spacial score (nSPS) is 10.9. The van der Waals surface area contributed by atoms with E-state index in [1.807, 2.05) is 18.2 Å². The Hall–Kier alpha value is -3.29. The number of hydrogen-bond donors (Lipinski definition) is 1. The highest BCUT2D eigenvalue weighted by molar-refractivity contribution is 7.92. The number of para-hydroxylation sites is 1. The Morgan fingerprint density at radius 3 is 2.39 bits per heavy atom. The van der Waals surface area contributed by atoms with Gasteiger partial charge in [0.1, 0.15) is 5.75 Å². The molecule has 0 radical (unpaired) electrons. The molecule has 6 nitrogen and oxygen atoms in total. The summed E-state index contributed by atoms with van der Waals surface area (Å²) in [5.41, 5.74) is 1.20. The first-order valence-electron chi connectivity index (χ1n) is 9.30. The summed E-state index contributed by atoms with van der Waals surface area (Å²) in [5, 5.41) is 3.24. The van der Waals surface area contributed by atoms with Crippen LogP contribution in [0.4, 0.5) is 11.4 Å². The number of ether oxygens (including phenoxy) is 1. The Kier molecular flexibility index (Phi) is 6.99. The van der Waals surface area contributed by atoms with Gasteiger partial charge >= 0.3 is 0 Å². The maximum absolute atomic E-state index is 12.8. The largest absolute Gasteiger partial charge is 0.455 e. The molecule has 1 N–H and O–H groups in total. The summed E-state index contributed by atoms with van der Waals surface area (Å²) < 4.78 is 31.0. The van der Waals surface area contributed by atoms with Crippen LogP contribution in [-0.4, -0.2) is 27.1 Å². The summed E-state index contributed by atoms with van der Waals surface area (Å²) in [7, 11) is -3.47. The van der Waals surface area contributed by atoms with Gasteiger partial charge in [-0.05, 0) is 54.6 Å². The summed E-state index contributed by atoms with van der Waals surface area (Å²) in [6.07, 6.45) is 2.61. The number of hydrogen-bond acceptors (Lipinski definition) is 4. The first kappa shape index (κ1) is 22.4. The molecule has 0 heterocycles. The molecule has 1 amide bonds. The fourth-order valence-corrected chi connectivity index (χ4v) is 3.88. The lowest BCUT2D eigenvalue weighted by Gasteiger charge is -2.20. The molecule has 160 valence electrons. The molecule has 0 unspecified atom stereocenters.